The molecule has 7 nitrogen and oxygen atoms in total. The van der Waals surface area contributed by atoms with E-state index >= 15 is 0 Å². The lowest BCUT2D eigenvalue weighted by molar-refractivity contribution is 0.00578. The minimum absolute atomic E-state index is 0.132. The number of ether oxygens (including phenoxy) is 1. The van der Waals surface area contributed by atoms with Gasteiger partial charge in [0, 0.05) is 5.46 Å². The topological polar surface area (TPSA) is 74.6 Å². The summed E-state index contributed by atoms with van der Waals surface area (Å²) in [6, 6.07) is 4.92. The second-order valence-corrected chi connectivity index (χ2v) is 9.01. The Kier molecular flexibility index (Phi) is 5.15. The summed E-state index contributed by atoms with van der Waals surface area (Å²) in [6.07, 6.45) is -0.869. The van der Waals surface area contributed by atoms with Crippen LogP contribution in [0.25, 0.3) is 11.0 Å². The van der Waals surface area contributed by atoms with E-state index in [0.717, 1.165) is 0 Å². The van der Waals surface area contributed by atoms with E-state index in [0.29, 0.717) is 10.0 Å². The normalized spacial score (nSPS) is 18.5. The van der Waals surface area contributed by atoms with Crippen molar-refractivity contribution in [2.75, 3.05) is 5.32 Å². The summed E-state index contributed by atoms with van der Waals surface area (Å²) in [6.45, 7) is 9.62. The van der Waals surface area contributed by atoms with Crippen molar-refractivity contribution in [2.45, 2.75) is 71.8 Å². The number of anilines is 1. The van der Waals surface area contributed by atoms with Gasteiger partial charge in [-0.15, -0.1) is 0 Å². The van der Waals surface area contributed by atoms with E-state index in [1.807, 2.05) is 27.7 Å². The van der Waals surface area contributed by atoms with Crippen LogP contribution in [0.3, 0.4) is 0 Å². The first kappa shape index (κ1) is 21.5. The number of amides is 1. The molecule has 2 heterocycles. The van der Waals surface area contributed by atoms with Gasteiger partial charge in [-0.3, -0.25) is 9.88 Å². The SMILES string of the molecule is CC(C)(C)OC(=O)Nc1nc2cccc(B3OC(C)(C)C(C)(C)O3)c2n1C(F)F. The van der Waals surface area contributed by atoms with Crippen LogP contribution in [-0.2, 0) is 14.0 Å². The third-order valence-electron chi connectivity index (χ3n) is 5.06. The van der Waals surface area contributed by atoms with E-state index in [9.17, 15) is 13.6 Å². The molecule has 1 aliphatic rings. The van der Waals surface area contributed by atoms with Crippen LogP contribution in [0.4, 0.5) is 19.5 Å². The number of alkyl halides is 2. The van der Waals surface area contributed by atoms with Crippen molar-refractivity contribution in [1.29, 1.82) is 0 Å². The lowest BCUT2D eigenvalue weighted by Crippen LogP contribution is -2.41. The summed E-state index contributed by atoms with van der Waals surface area (Å²) in [5.41, 5.74) is -1.22. The minimum atomic E-state index is -2.95. The van der Waals surface area contributed by atoms with Gasteiger partial charge in [0.05, 0.1) is 22.2 Å². The molecule has 158 valence electrons. The molecule has 0 radical (unpaired) electrons. The Morgan fingerprint density at radius 3 is 2.31 bits per heavy atom. The average molecular weight is 409 g/mol. The highest BCUT2D eigenvalue weighted by molar-refractivity contribution is 6.65. The molecule has 1 aromatic carbocycles. The van der Waals surface area contributed by atoms with E-state index in [-0.39, 0.29) is 17.0 Å². The smallest absolute Gasteiger partial charge is 0.444 e. The number of hydrogen-bond acceptors (Lipinski definition) is 5. The molecule has 1 fully saturated rings. The molecule has 0 atom stereocenters. The van der Waals surface area contributed by atoms with E-state index in [2.05, 4.69) is 10.3 Å². The van der Waals surface area contributed by atoms with E-state index in [4.69, 9.17) is 14.0 Å². The first-order valence-corrected chi connectivity index (χ1v) is 9.36. The molecule has 0 unspecified atom stereocenters. The van der Waals surface area contributed by atoms with Crippen molar-refractivity contribution < 1.29 is 27.6 Å². The van der Waals surface area contributed by atoms with Crippen LogP contribution in [0.5, 0.6) is 0 Å². The first-order valence-electron chi connectivity index (χ1n) is 9.36. The van der Waals surface area contributed by atoms with Gasteiger partial charge in [0.15, 0.2) is 0 Å². The van der Waals surface area contributed by atoms with Crippen LogP contribution in [0.1, 0.15) is 55.0 Å². The molecule has 1 aromatic heterocycles. The maximum absolute atomic E-state index is 14.0. The zero-order valence-corrected chi connectivity index (χ0v) is 17.7. The molecule has 10 heteroatoms. The fraction of sp³-hybridized carbons (Fsp3) is 0.579. The van der Waals surface area contributed by atoms with Crippen molar-refractivity contribution in [1.82, 2.24) is 9.55 Å². The number of imidazole rings is 1. The van der Waals surface area contributed by atoms with Gasteiger partial charge in [-0.05, 0) is 54.5 Å². The molecule has 3 rings (SSSR count). The lowest BCUT2D eigenvalue weighted by atomic mass is 9.78. The van der Waals surface area contributed by atoms with Crippen molar-refractivity contribution in [3.05, 3.63) is 18.2 Å². The highest BCUT2D eigenvalue weighted by Crippen LogP contribution is 2.37. The largest absolute Gasteiger partial charge is 0.497 e. The van der Waals surface area contributed by atoms with Gasteiger partial charge >= 0.3 is 19.8 Å². The standard InChI is InChI=1S/C19H26BF2N3O4/c1-17(2,3)27-16(26)24-15-23-12-10-8-9-11(13(12)25(15)14(21)22)20-28-18(4,5)19(6,7)29-20/h8-10,14H,1-7H3,(H,23,24,26). The molecule has 1 amide bonds. The molecule has 0 spiro atoms. The monoisotopic (exact) mass is 409 g/mol. The van der Waals surface area contributed by atoms with Crippen molar-refractivity contribution in [3.8, 4) is 0 Å². The summed E-state index contributed by atoms with van der Waals surface area (Å²) in [5, 5.41) is 2.32. The van der Waals surface area contributed by atoms with Gasteiger partial charge in [-0.2, -0.15) is 8.78 Å². The number of nitrogens with zero attached hydrogens (tertiary/aromatic N) is 2. The molecule has 1 aliphatic heterocycles. The Balaban J connectivity index is 2.06. The van der Waals surface area contributed by atoms with Crippen LogP contribution in [0, 0.1) is 0 Å². The fourth-order valence-corrected chi connectivity index (χ4v) is 3.01. The van der Waals surface area contributed by atoms with Gasteiger partial charge in [-0.25, -0.2) is 9.78 Å². The van der Waals surface area contributed by atoms with Gasteiger partial charge in [0.1, 0.15) is 5.60 Å². The molecule has 0 aliphatic carbocycles. The van der Waals surface area contributed by atoms with Gasteiger partial charge < -0.3 is 14.0 Å². The van der Waals surface area contributed by atoms with E-state index in [1.54, 1.807) is 39.0 Å². The Morgan fingerprint density at radius 1 is 1.21 bits per heavy atom. The molecule has 0 saturated carbocycles. The summed E-state index contributed by atoms with van der Waals surface area (Å²) in [4.78, 5) is 16.3. The Labute approximate surface area is 168 Å². The van der Waals surface area contributed by atoms with Crippen LogP contribution < -0.4 is 10.8 Å². The molecular weight excluding hydrogens is 383 g/mol. The Bertz CT molecular complexity index is 921. The maximum Gasteiger partial charge on any atom is 0.497 e. The van der Waals surface area contributed by atoms with Gasteiger partial charge in [-0.1, -0.05) is 12.1 Å². The molecule has 1 saturated heterocycles. The van der Waals surface area contributed by atoms with E-state index in [1.165, 1.54) is 0 Å². The Hall–Kier alpha value is -2.20. The molecule has 0 bridgehead atoms. The quantitative estimate of drug-likeness (QED) is 0.774. The predicted octanol–water partition coefficient (Wildman–Crippen LogP) is 4.08. The van der Waals surface area contributed by atoms with Crippen molar-refractivity contribution >= 4 is 35.7 Å². The highest BCUT2D eigenvalue weighted by Gasteiger charge is 2.52. The van der Waals surface area contributed by atoms with Gasteiger partial charge in [0.25, 0.3) is 0 Å². The second-order valence-electron chi connectivity index (χ2n) is 9.01. The highest BCUT2D eigenvalue weighted by atomic mass is 19.3. The van der Waals surface area contributed by atoms with Gasteiger partial charge in [0.2, 0.25) is 5.95 Å². The summed E-state index contributed by atoms with van der Waals surface area (Å²) < 4.78 is 45.9. The number of nitrogens with one attached hydrogen (secondary N) is 1. The third kappa shape index (κ3) is 4.09. The number of hydrogen-bond donors (Lipinski definition) is 1. The number of halogens is 2. The van der Waals surface area contributed by atoms with Crippen LogP contribution in [-0.4, -0.2) is 39.6 Å². The fourth-order valence-electron chi connectivity index (χ4n) is 3.01. The summed E-state index contributed by atoms with van der Waals surface area (Å²) >= 11 is 0. The molecule has 29 heavy (non-hydrogen) atoms. The van der Waals surface area contributed by atoms with Crippen LogP contribution in [0.15, 0.2) is 18.2 Å². The lowest BCUT2D eigenvalue weighted by Gasteiger charge is -2.32. The molecular formula is C19H26BF2N3O4. The van der Waals surface area contributed by atoms with Crippen molar-refractivity contribution in [3.63, 3.8) is 0 Å². The van der Waals surface area contributed by atoms with Crippen LogP contribution in [0.2, 0.25) is 0 Å². The number of benzene rings is 1. The predicted molar refractivity (Wildman–Crippen MR) is 107 cm³/mol. The minimum Gasteiger partial charge on any atom is -0.444 e. The number of carbonyl (C=O) groups is 1. The second kappa shape index (κ2) is 6.95. The number of carbonyl (C=O) groups excluding carboxylic acids is 1. The third-order valence-corrected chi connectivity index (χ3v) is 5.06. The number of para-hydroxylation sites is 1. The van der Waals surface area contributed by atoms with E-state index < -0.39 is 36.6 Å². The Morgan fingerprint density at radius 2 is 1.79 bits per heavy atom. The zero-order chi connectivity index (χ0) is 21.8. The number of fused-ring (bicyclic) bond motifs is 1. The van der Waals surface area contributed by atoms with Crippen molar-refractivity contribution in [2.24, 2.45) is 0 Å². The number of rotatable bonds is 3. The summed E-state index contributed by atoms with van der Waals surface area (Å²) in [7, 11) is -0.854. The molecule has 1 N–H and O–H groups in total. The maximum atomic E-state index is 14.0. The first-order chi connectivity index (χ1) is 13.2. The summed E-state index contributed by atoms with van der Waals surface area (Å²) in [5.74, 6) is -0.312. The molecule has 2 aromatic rings. The van der Waals surface area contributed by atoms with Crippen LogP contribution >= 0.6 is 0 Å². The average Bonchev–Trinajstić information content (AvgIpc) is 2.98. The zero-order valence-electron chi connectivity index (χ0n) is 17.7. The number of aromatic nitrogens is 2.